The number of anilines is 1. The number of hydrogen-bond donors (Lipinski definition) is 3. The van der Waals surface area contributed by atoms with Gasteiger partial charge in [0.2, 0.25) is 5.91 Å². The summed E-state index contributed by atoms with van der Waals surface area (Å²) in [7, 11) is 4.93. The minimum absolute atomic E-state index is 0.194. The number of rotatable bonds is 8. The summed E-state index contributed by atoms with van der Waals surface area (Å²) in [6.07, 6.45) is 4.08. The number of methoxy groups -OCH3 is 2. The number of carbonyl (C=O) groups is 1. The van der Waals surface area contributed by atoms with Gasteiger partial charge in [-0.3, -0.25) is 9.79 Å². The van der Waals surface area contributed by atoms with E-state index in [0.29, 0.717) is 24.0 Å². The molecule has 1 fully saturated rings. The highest BCUT2D eigenvalue weighted by atomic mass is 16.5. The second-order valence-corrected chi connectivity index (χ2v) is 5.97. The molecule has 138 valence electrons. The van der Waals surface area contributed by atoms with E-state index in [2.05, 4.69) is 20.9 Å². The van der Waals surface area contributed by atoms with Crippen LogP contribution in [0.25, 0.3) is 0 Å². The topological polar surface area (TPSA) is 84.0 Å². The number of amides is 1. The predicted octanol–water partition coefficient (Wildman–Crippen LogP) is 2.00. The van der Waals surface area contributed by atoms with Crippen LogP contribution in [0, 0.1) is 5.92 Å². The molecule has 1 amide bonds. The highest BCUT2D eigenvalue weighted by molar-refractivity contribution is 5.93. The lowest BCUT2D eigenvalue weighted by molar-refractivity contribution is -0.127. The molecule has 0 heterocycles. The minimum Gasteiger partial charge on any atom is -0.493 e. The number of aliphatic imine (C=N–C) groups is 1. The van der Waals surface area contributed by atoms with Crippen molar-refractivity contribution in [3.8, 4) is 11.5 Å². The normalized spacial score (nSPS) is 14.4. The number of guanidine groups is 1. The molecule has 0 radical (unpaired) electrons. The lowest BCUT2D eigenvalue weighted by atomic mass is 9.85. The third-order valence-corrected chi connectivity index (χ3v) is 4.29. The van der Waals surface area contributed by atoms with Gasteiger partial charge in [0.15, 0.2) is 17.5 Å². The van der Waals surface area contributed by atoms with Crippen LogP contribution in [-0.4, -0.2) is 46.2 Å². The second-order valence-electron chi connectivity index (χ2n) is 5.97. The Morgan fingerprint density at radius 1 is 1.16 bits per heavy atom. The van der Waals surface area contributed by atoms with Crippen molar-refractivity contribution in [1.29, 1.82) is 0 Å². The van der Waals surface area contributed by atoms with Crippen LogP contribution >= 0.6 is 0 Å². The molecule has 7 nitrogen and oxygen atoms in total. The Morgan fingerprint density at radius 3 is 2.48 bits per heavy atom. The average molecular weight is 348 g/mol. The maximum atomic E-state index is 11.7. The smallest absolute Gasteiger partial charge is 0.223 e. The summed E-state index contributed by atoms with van der Waals surface area (Å²) < 4.78 is 10.5. The van der Waals surface area contributed by atoms with E-state index >= 15 is 0 Å². The van der Waals surface area contributed by atoms with E-state index in [1.54, 1.807) is 21.3 Å². The molecular weight excluding hydrogens is 320 g/mol. The van der Waals surface area contributed by atoms with E-state index in [1.165, 1.54) is 6.42 Å². The Bertz CT molecular complexity index is 600. The van der Waals surface area contributed by atoms with E-state index < -0.39 is 0 Å². The van der Waals surface area contributed by atoms with Gasteiger partial charge in [0, 0.05) is 37.8 Å². The van der Waals surface area contributed by atoms with Crippen LogP contribution in [0.5, 0.6) is 11.5 Å². The molecule has 0 unspecified atom stereocenters. The number of benzene rings is 1. The largest absolute Gasteiger partial charge is 0.493 e. The van der Waals surface area contributed by atoms with E-state index in [-0.39, 0.29) is 11.8 Å². The molecule has 0 bridgehead atoms. The van der Waals surface area contributed by atoms with Crippen LogP contribution in [0.15, 0.2) is 23.2 Å². The third-order valence-electron chi connectivity index (χ3n) is 4.29. The monoisotopic (exact) mass is 348 g/mol. The van der Waals surface area contributed by atoms with Gasteiger partial charge in [0.05, 0.1) is 14.2 Å². The van der Waals surface area contributed by atoms with Gasteiger partial charge < -0.3 is 25.4 Å². The zero-order valence-corrected chi connectivity index (χ0v) is 15.2. The fraction of sp³-hybridized carbons (Fsp3) is 0.556. The number of nitrogens with zero attached hydrogens (tertiary/aromatic N) is 1. The molecule has 1 aliphatic rings. The fourth-order valence-electron chi connectivity index (χ4n) is 2.55. The van der Waals surface area contributed by atoms with Gasteiger partial charge in [0.1, 0.15) is 0 Å². The fourth-order valence-corrected chi connectivity index (χ4v) is 2.55. The summed E-state index contributed by atoms with van der Waals surface area (Å²) >= 11 is 0. The van der Waals surface area contributed by atoms with E-state index in [4.69, 9.17) is 9.47 Å². The maximum Gasteiger partial charge on any atom is 0.223 e. The van der Waals surface area contributed by atoms with Gasteiger partial charge in [-0.15, -0.1) is 0 Å². The number of carbonyl (C=O) groups excluding carboxylic acids is 1. The van der Waals surface area contributed by atoms with E-state index in [1.807, 2.05) is 18.2 Å². The first-order valence-electron chi connectivity index (χ1n) is 8.65. The summed E-state index contributed by atoms with van der Waals surface area (Å²) in [6.45, 7) is 1.40. The number of ether oxygens (including phenoxy) is 2. The molecule has 1 aromatic carbocycles. The van der Waals surface area contributed by atoms with Crippen LogP contribution in [0.4, 0.5) is 5.69 Å². The van der Waals surface area contributed by atoms with Crippen molar-refractivity contribution in [2.75, 3.05) is 39.7 Å². The zero-order chi connectivity index (χ0) is 18.1. The molecule has 0 spiro atoms. The van der Waals surface area contributed by atoms with Crippen LogP contribution in [0.1, 0.15) is 25.7 Å². The van der Waals surface area contributed by atoms with E-state index in [0.717, 1.165) is 31.5 Å². The summed E-state index contributed by atoms with van der Waals surface area (Å²) in [6, 6.07) is 5.59. The highest BCUT2D eigenvalue weighted by Gasteiger charge is 2.24. The lowest BCUT2D eigenvalue weighted by Crippen LogP contribution is -2.37. The van der Waals surface area contributed by atoms with Gasteiger partial charge in [-0.05, 0) is 31.4 Å². The molecule has 2 rings (SSSR count). The molecule has 0 aromatic heterocycles. The van der Waals surface area contributed by atoms with Crippen LogP contribution in [0.3, 0.4) is 0 Å². The molecule has 0 aliphatic heterocycles. The Balaban J connectivity index is 1.72. The Morgan fingerprint density at radius 2 is 1.88 bits per heavy atom. The van der Waals surface area contributed by atoms with Crippen LogP contribution < -0.4 is 25.4 Å². The molecule has 7 heteroatoms. The maximum absolute atomic E-state index is 11.7. The van der Waals surface area contributed by atoms with Gasteiger partial charge in [-0.1, -0.05) is 6.42 Å². The molecule has 0 atom stereocenters. The van der Waals surface area contributed by atoms with Gasteiger partial charge in [0.25, 0.3) is 0 Å². The summed E-state index contributed by atoms with van der Waals surface area (Å²) in [5.74, 6) is 2.43. The SMILES string of the molecule is CN=C(NCCCNC(=O)C1CCC1)Nc1ccc(OC)c(OC)c1. The van der Waals surface area contributed by atoms with E-state index in [9.17, 15) is 4.79 Å². The molecule has 1 aliphatic carbocycles. The Labute approximate surface area is 149 Å². The predicted molar refractivity (Wildman–Crippen MR) is 99.5 cm³/mol. The van der Waals surface area contributed by atoms with Crippen molar-refractivity contribution in [1.82, 2.24) is 10.6 Å². The summed E-state index contributed by atoms with van der Waals surface area (Å²) in [5, 5.41) is 9.42. The first kappa shape index (κ1) is 18.9. The van der Waals surface area contributed by atoms with Crippen molar-refractivity contribution in [2.45, 2.75) is 25.7 Å². The lowest BCUT2D eigenvalue weighted by Gasteiger charge is -2.24. The highest BCUT2D eigenvalue weighted by Crippen LogP contribution is 2.29. The first-order valence-corrected chi connectivity index (χ1v) is 8.65. The van der Waals surface area contributed by atoms with Crippen LogP contribution in [-0.2, 0) is 4.79 Å². The molecular formula is C18H28N4O3. The van der Waals surface area contributed by atoms with Gasteiger partial charge in [-0.25, -0.2) is 0 Å². The quantitative estimate of drug-likeness (QED) is 0.380. The molecule has 0 saturated heterocycles. The van der Waals surface area contributed by atoms with Crippen molar-refractivity contribution in [2.24, 2.45) is 10.9 Å². The summed E-state index contributed by atoms with van der Waals surface area (Å²) in [5.41, 5.74) is 0.851. The molecule has 25 heavy (non-hydrogen) atoms. The van der Waals surface area contributed by atoms with Crippen molar-refractivity contribution in [3.63, 3.8) is 0 Å². The Hall–Kier alpha value is -2.44. The minimum atomic E-state index is 0.194. The average Bonchev–Trinajstić information content (AvgIpc) is 2.58. The number of hydrogen-bond acceptors (Lipinski definition) is 4. The zero-order valence-electron chi connectivity index (χ0n) is 15.2. The first-order chi connectivity index (χ1) is 12.2. The van der Waals surface area contributed by atoms with Crippen molar-refractivity contribution in [3.05, 3.63) is 18.2 Å². The second kappa shape index (κ2) is 9.76. The number of nitrogens with one attached hydrogen (secondary N) is 3. The standard InChI is InChI=1S/C18H28N4O3/c1-19-18(21-11-5-10-20-17(23)13-6-4-7-13)22-14-8-9-15(24-2)16(12-14)25-3/h8-9,12-13H,4-7,10-11H2,1-3H3,(H,20,23)(H2,19,21,22). The third kappa shape index (κ3) is 5.55. The van der Waals surface area contributed by atoms with Gasteiger partial charge in [-0.2, -0.15) is 0 Å². The summed E-state index contributed by atoms with van der Waals surface area (Å²) in [4.78, 5) is 15.9. The van der Waals surface area contributed by atoms with Crippen molar-refractivity contribution >= 4 is 17.6 Å². The molecule has 1 saturated carbocycles. The van der Waals surface area contributed by atoms with Gasteiger partial charge >= 0.3 is 0 Å². The van der Waals surface area contributed by atoms with Crippen LogP contribution in [0.2, 0.25) is 0 Å². The van der Waals surface area contributed by atoms with Crippen molar-refractivity contribution < 1.29 is 14.3 Å². The molecule has 3 N–H and O–H groups in total. The Kier molecular flexibility index (Phi) is 7.37. The molecule has 1 aromatic rings.